The number of benzene rings is 1. The van der Waals surface area contributed by atoms with E-state index in [4.69, 9.17) is 5.73 Å². The second-order valence-corrected chi connectivity index (χ2v) is 5.46. The maximum absolute atomic E-state index is 12.9. The van der Waals surface area contributed by atoms with E-state index in [1.807, 2.05) is 23.1 Å². The summed E-state index contributed by atoms with van der Waals surface area (Å²) in [6, 6.07) is 5.84. The van der Waals surface area contributed by atoms with Gasteiger partial charge in [0, 0.05) is 25.0 Å². The third-order valence-electron chi connectivity index (χ3n) is 4.12. The Balaban J connectivity index is 0.00000176. The van der Waals surface area contributed by atoms with Crippen molar-refractivity contribution < 1.29 is 4.79 Å². The highest BCUT2D eigenvalue weighted by Gasteiger charge is 2.28. The second kappa shape index (κ2) is 7.51. The molecular formula is C16H21ClN4O. The van der Waals surface area contributed by atoms with Crippen LogP contribution in [0.5, 0.6) is 0 Å². The Kier molecular flexibility index (Phi) is 5.69. The molecule has 1 amide bonds. The van der Waals surface area contributed by atoms with Gasteiger partial charge in [-0.3, -0.25) is 14.8 Å². The summed E-state index contributed by atoms with van der Waals surface area (Å²) >= 11 is 0. The van der Waals surface area contributed by atoms with Gasteiger partial charge in [0.1, 0.15) is 5.52 Å². The fraction of sp³-hybridized carbons (Fsp3) is 0.438. The smallest absolute Gasteiger partial charge is 0.256 e. The molecular weight excluding hydrogens is 300 g/mol. The van der Waals surface area contributed by atoms with Crippen LogP contribution < -0.4 is 5.73 Å². The molecule has 118 valence electrons. The molecule has 1 atom stereocenters. The maximum Gasteiger partial charge on any atom is 0.256 e. The van der Waals surface area contributed by atoms with Crippen molar-refractivity contribution in [1.82, 2.24) is 14.9 Å². The maximum atomic E-state index is 12.9. The first-order valence-electron chi connectivity index (χ1n) is 7.52. The van der Waals surface area contributed by atoms with Crippen molar-refractivity contribution in [1.29, 1.82) is 0 Å². The van der Waals surface area contributed by atoms with Gasteiger partial charge in [0.05, 0.1) is 11.1 Å². The molecule has 0 spiro atoms. The fourth-order valence-corrected chi connectivity index (χ4v) is 3.08. The largest absolute Gasteiger partial charge is 0.336 e. The molecule has 0 bridgehead atoms. The topological polar surface area (TPSA) is 72.1 Å². The first-order valence-corrected chi connectivity index (χ1v) is 7.52. The zero-order chi connectivity index (χ0) is 14.7. The number of nitrogens with zero attached hydrogens (tertiary/aromatic N) is 3. The minimum absolute atomic E-state index is 0. The van der Waals surface area contributed by atoms with Crippen LogP contribution in [-0.4, -0.2) is 39.9 Å². The number of likely N-dealkylation sites (tertiary alicyclic amines) is 1. The number of aromatic nitrogens is 2. The van der Waals surface area contributed by atoms with E-state index in [1.165, 1.54) is 6.42 Å². The number of piperidine rings is 1. The van der Waals surface area contributed by atoms with Gasteiger partial charge in [-0.1, -0.05) is 6.07 Å². The lowest BCUT2D eigenvalue weighted by molar-refractivity contribution is 0.0607. The number of carbonyl (C=O) groups excluding carboxylic acids is 1. The summed E-state index contributed by atoms with van der Waals surface area (Å²) in [5.41, 5.74) is 7.78. The van der Waals surface area contributed by atoms with Gasteiger partial charge in [-0.2, -0.15) is 0 Å². The van der Waals surface area contributed by atoms with Gasteiger partial charge in [0.25, 0.3) is 5.91 Å². The monoisotopic (exact) mass is 320 g/mol. The van der Waals surface area contributed by atoms with E-state index >= 15 is 0 Å². The van der Waals surface area contributed by atoms with Crippen LogP contribution in [0.4, 0.5) is 0 Å². The van der Waals surface area contributed by atoms with Crippen molar-refractivity contribution >= 4 is 29.3 Å². The minimum atomic E-state index is 0. The lowest BCUT2D eigenvalue weighted by Crippen LogP contribution is -2.44. The number of hydrogen-bond acceptors (Lipinski definition) is 4. The van der Waals surface area contributed by atoms with Crippen LogP contribution in [0.2, 0.25) is 0 Å². The van der Waals surface area contributed by atoms with Crippen LogP contribution in [0.1, 0.15) is 36.0 Å². The van der Waals surface area contributed by atoms with E-state index in [2.05, 4.69) is 9.97 Å². The number of rotatable bonds is 3. The Morgan fingerprint density at radius 1 is 1.27 bits per heavy atom. The van der Waals surface area contributed by atoms with E-state index in [9.17, 15) is 4.79 Å². The number of halogens is 1. The predicted octanol–water partition coefficient (Wildman–Crippen LogP) is 2.40. The highest BCUT2D eigenvalue weighted by molar-refractivity contribution is 6.04. The van der Waals surface area contributed by atoms with Gasteiger partial charge < -0.3 is 10.6 Å². The van der Waals surface area contributed by atoms with E-state index in [1.54, 1.807) is 12.4 Å². The minimum Gasteiger partial charge on any atom is -0.336 e. The quantitative estimate of drug-likeness (QED) is 0.942. The predicted molar refractivity (Wildman–Crippen MR) is 89.1 cm³/mol. The lowest BCUT2D eigenvalue weighted by atomic mass is 9.98. The lowest BCUT2D eigenvalue weighted by Gasteiger charge is -2.35. The van der Waals surface area contributed by atoms with Crippen molar-refractivity contribution in [2.24, 2.45) is 5.73 Å². The summed E-state index contributed by atoms with van der Waals surface area (Å²) in [7, 11) is 0. The molecule has 1 aromatic heterocycles. The Bertz CT molecular complexity index is 642. The average molecular weight is 321 g/mol. The molecule has 0 saturated carbocycles. The van der Waals surface area contributed by atoms with Gasteiger partial charge in [-0.15, -0.1) is 12.4 Å². The fourth-order valence-electron chi connectivity index (χ4n) is 3.08. The summed E-state index contributed by atoms with van der Waals surface area (Å²) in [5.74, 6) is 0.0549. The zero-order valence-corrected chi connectivity index (χ0v) is 13.3. The first kappa shape index (κ1) is 16.6. The van der Waals surface area contributed by atoms with Gasteiger partial charge in [0.2, 0.25) is 0 Å². The van der Waals surface area contributed by atoms with Crippen LogP contribution >= 0.6 is 12.4 Å². The first-order chi connectivity index (χ1) is 10.3. The molecule has 3 rings (SSSR count). The zero-order valence-electron chi connectivity index (χ0n) is 12.4. The molecule has 6 heteroatoms. The number of carbonyl (C=O) groups is 1. The van der Waals surface area contributed by atoms with Crippen LogP contribution in [-0.2, 0) is 0 Å². The highest BCUT2D eigenvalue weighted by Crippen LogP contribution is 2.24. The number of nitrogens with two attached hydrogens (primary N) is 1. The van der Waals surface area contributed by atoms with Crippen LogP contribution in [0, 0.1) is 0 Å². The number of para-hydroxylation sites is 1. The molecule has 2 heterocycles. The molecule has 2 N–H and O–H groups in total. The molecule has 1 aliphatic heterocycles. The van der Waals surface area contributed by atoms with Crippen LogP contribution in [0.3, 0.4) is 0 Å². The molecule has 0 aliphatic carbocycles. The molecule has 5 nitrogen and oxygen atoms in total. The second-order valence-electron chi connectivity index (χ2n) is 5.46. The summed E-state index contributed by atoms with van der Waals surface area (Å²) in [6.07, 6.45) is 7.41. The molecule has 0 radical (unpaired) electrons. The molecule has 2 aromatic rings. The normalized spacial score (nSPS) is 18.0. The standard InChI is InChI=1S/C16H20N4O.ClH/c17-8-7-12-4-1-2-11-20(12)16(21)13-5-3-6-14-15(13)19-10-9-18-14;/h3,5-6,9-10,12H,1-2,4,7-8,11,17H2;1H. The Morgan fingerprint density at radius 2 is 2.09 bits per heavy atom. The van der Waals surface area contributed by atoms with Gasteiger partial charge >= 0.3 is 0 Å². The third-order valence-corrected chi connectivity index (χ3v) is 4.12. The molecule has 1 unspecified atom stereocenters. The Morgan fingerprint density at radius 3 is 2.91 bits per heavy atom. The van der Waals surface area contributed by atoms with E-state index in [-0.39, 0.29) is 24.4 Å². The Hall–Kier alpha value is -1.72. The summed E-state index contributed by atoms with van der Waals surface area (Å²) in [5, 5.41) is 0. The molecule has 1 aromatic carbocycles. The van der Waals surface area contributed by atoms with Crippen molar-refractivity contribution in [3.63, 3.8) is 0 Å². The molecule has 1 saturated heterocycles. The van der Waals surface area contributed by atoms with Crippen LogP contribution in [0.15, 0.2) is 30.6 Å². The average Bonchev–Trinajstić information content (AvgIpc) is 2.54. The summed E-state index contributed by atoms with van der Waals surface area (Å²) < 4.78 is 0. The van der Waals surface area contributed by atoms with E-state index in [0.717, 1.165) is 31.3 Å². The van der Waals surface area contributed by atoms with Crippen LogP contribution in [0.25, 0.3) is 11.0 Å². The number of fused-ring (bicyclic) bond motifs is 1. The van der Waals surface area contributed by atoms with Crippen molar-refractivity contribution in [2.75, 3.05) is 13.1 Å². The third kappa shape index (κ3) is 3.20. The summed E-state index contributed by atoms with van der Waals surface area (Å²) in [4.78, 5) is 23.5. The Labute approximate surface area is 136 Å². The van der Waals surface area contributed by atoms with Crippen molar-refractivity contribution in [3.05, 3.63) is 36.2 Å². The number of hydrogen-bond donors (Lipinski definition) is 1. The molecule has 22 heavy (non-hydrogen) atoms. The SMILES string of the molecule is Cl.NCCC1CCCCN1C(=O)c1cccc2nccnc12. The van der Waals surface area contributed by atoms with Gasteiger partial charge in [-0.05, 0) is 44.4 Å². The van der Waals surface area contributed by atoms with E-state index in [0.29, 0.717) is 17.6 Å². The van der Waals surface area contributed by atoms with Gasteiger partial charge in [-0.25, -0.2) is 0 Å². The van der Waals surface area contributed by atoms with Crippen molar-refractivity contribution in [2.45, 2.75) is 31.7 Å². The summed E-state index contributed by atoms with van der Waals surface area (Å²) in [6.45, 7) is 1.42. The van der Waals surface area contributed by atoms with Crippen molar-refractivity contribution in [3.8, 4) is 0 Å². The molecule has 1 fully saturated rings. The molecule has 1 aliphatic rings. The number of amides is 1. The highest BCUT2D eigenvalue weighted by atomic mass is 35.5. The van der Waals surface area contributed by atoms with E-state index < -0.39 is 0 Å². The van der Waals surface area contributed by atoms with Gasteiger partial charge in [0.15, 0.2) is 0 Å².